The molecule has 3 nitrogen and oxygen atoms in total. The highest BCUT2D eigenvalue weighted by Gasteiger charge is 2.16. The summed E-state index contributed by atoms with van der Waals surface area (Å²) >= 11 is 0. The molecule has 0 spiro atoms. The van der Waals surface area contributed by atoms with Crippen LogP contribution in [0.15, 0.2) is 18.2 Å². The Labute approximate surface area is 129 Å². The zero-order chi connectivity index (χ0) is 15.1. The van der Waals surface area contributed by atoms with Crippen LogP contribution in [0.2, 0.25) is 0 Å². The summed E-state index contributed by atoms with van der Waals surface area (Å²) in [6.45, 7) is 9.19. The van der Waals surface area contributed by atoms with Crippen LogP contribution in [0.5, 0.6) is 5.75 Å². The van der Waals surface area contributed by atoms with Crippen LogP contribution in [0.3, 0.4) is 0 Å². The molecule has 0 saturated carbocycles. The number of rotatable bonds is 8. The van der Waals surface area contributed by atoms with Gasteiger partial charge in [-0.15, -0.1) is 0 Å². The summed E-state index contributed by atoms with van der Waals surface area (Å²) in [6.07, 6.45) is 4.90. The van der Waals surface area contributed by atoms with E-state index in [-0.39, 0.29) is 0 Å². The molecule has 1 heterocycles. The van der Waals surface area contributed by atoms with Gasteiger partial charge in [-0.3, -0.25) is 0 Å². The van der Waals surface area contributed by atoms with Gasteiger partial charge in [-0.2, -0.15) is 0 Å². The second-order valence-electron chi connectivity index (χ2n) is 5.99. The second kappa shape index (κ2) is 8.40. The van der Waals surface area contributed by atoms with Crippen LogP contribution in [0.4, 0.5) is 0 Å². The zero-order valence-electron chi connectivity index (χ0n) is 13.7. The van der Waals surface area contributed by atoms with Crippen LogP contribution < -0.4 is 10.1 Å². The Morgan fingerprint density at radius 3 is 3.00 bits per heavy atom. The third kappa shape index (κ3) is 5.01. The standard InChI is InChI=1S/C18H29NO2/c1-4-10-19-15(3)17-8-7-14(2)13-18(17)21-12-9-16-6-5-11-20-16/h7-8,13,15-16,19H,4-6,9-12H2,1-3H3. The summed E-state index contributed by atoms with van der Waals surface area (Å²) < 4.78 is 11.7. The first-order chi connectivity index (χ1) is 10.2. The van der Waals surface area contributed by atoms with Gasteiger partial charge in [-0.05, 0) is 51.3 Å². The number of ether oxygens (including phenoxy) is 2. The van der Waals surface area contributed by atoms with E-state index in [0.717, 1.165) is 38.3 Å². The first-order valence-electron chi connectivity index (χ1n) is 8.29. The van der Waals surface area contributed by atoms with Crippen molar-refractivity contribution in [2.75, 3.05) is 19.8 Å². The van der Waals surface area contributed by atoms with Gasteiger partial charge in [-0.25, -0.2) is 0 Å². The molecule has 0 amide bonds. The van der Waals surface area contributed by atoms with Gasteiger partial charge in [-0.1, -0.05) is 19.1 Å². The largest absolute Gasteiger partial charge is 0.493 e. The summed E-state index contributed by atoms with van der Waals surface area (Å²) in [6, 6.07) is 6.81. The van der Waals surface area contributed by atoms with Gasteiger partial charge in [0.15, 0.2) is 0 Å². The summed E-state index contributed by atoms with van der Waals surface area (Å²) in [5.41, 5.74) is 2.50. The van der Waals surface area contributed by atoms with Gasteiger partial charge in [0, 0.05) is 24.6 Å². The minimum Gasteiger partial charge on any atom is -0.493 e. The van der Waals surface area contributed by atoms with Crippen LogP contribution in [0.25, 0.3) is 0 Å². The SMILES string of the molecule is CCCNC(C)c1ccc(C)cc1OCCC1CCCO1. The summed E-state index contributed by atoms with van der Waals surface area (Å²) in [5, 5.41) is 3.54. The quantitative estimate of drug-likeness (QED) is 0.785. The molecule has 0 aromatic heterocycles. The van der Waals surface area contributed by atoms with E-state index in [2.05, 4.69) is 44.3 Å². The Balaban J connectivity index is 1.93. The van der Waals surface area contributed by atoms with E-state index in [1.54, 1.807) is 0 Å². The van der Waals surface area contributed by atoms with E-state index in [9.17, 15) is 0 Å². The molecule has 1 saturated heterocycles. The molecule has 1 aromatic rings. The van der Waals surface area contributed by atoms with Crippen molar-refractivity contribution in [1.29, 1.82) is 0 Å². The van der Waals surface area contributed by atoms with E-state index in [0.29, 0.717) is 12.1 Å². The van der Waals surface area contributed by atoms with Crippen molar-refractivity contribution < 1.29 is 9.47 Å². The molecule has 0 radical (unpaired) electrons. The predicted octanol–water partition coefficient (Wildman–Crippen LogP) is 4.00. The van der Waals surface area contributed by atoms with Crippen molar-refractivity contribution in [2.24, 2.45) is 0 Å². The number of nitrogens with one attached hydrogen (secondary N) is 1. The Morgan fingerprint density at radius 2 is 2.29 bits per heavy atom. The first kappa shape index (κ1) is 16.3. The minimum absolute atomic E-state index is 0.322. The van der Waals surface area contributed by atoms with Crippen molar-refractivity contribution in [2.45, 2.75) is 58.6 Å². The highest BCUT2D eigenvalue weighted by atomic mass is 16.5. The van der Waals surface area contributed by atoms with E-state index in [1.165, 1.54) is 24.0 Å². The van der Waals surface area contributed by atoms with E-state index >= 15 is 0 Å². The van der Waals surface area contributed by atoms with Gasteiger partial charge in [0.1, 0.15) is 5.75 Å². The highest BCUT2D eigenvalue weighted by Crippen LogP contribution is 2.27. The maximum atomic E-state index is 6.06. The maximum absolute atomic E-state index is 6.06. The van der Waals surface area contributed by atoms with Gasteiger partial charge < -0.3 is 14.8 Å². The molecule has 2 unspecified atom stereocenters. The third-order valence-corrected chi connectivity index (χ3v) is 4.06. The molecule has 21 heavy (non-hydrogen) atoms. The van der Waals surface area contributed by atoms with Gasteiger partial charge in [0.25, 0.3) is 0 Å². The average molecular weight is 291 g/mol. The van der Waals surface area contributed by atoms with Crippen LogP contribution in [-0.4, -0.2) is 25.9 Å². The number of hydrogen-bond acceptors (Lipinski definition) is 3. The van der Waals surface area contributed by atoms with Crippen LogP contribution in [0, 0.1) is 6.92 Å². The molecule has 2 rings (SSSR count). The number of aryl methyl sites for hydroxylation is 1. The van der Waals surface area contributed by atoms with Gasteiger partial charge >= 0.3 is 0 Å². The van der Waals surface area contributed by atoms with Crippen LogP contribution in [-0.2, 0) is 4.74 Å². The van der Waals surface area contributed by atoms with E-state index < -0.39 is 0 Å². The van der Waals surface area contributed by atoms with Crippen molar-refractivity contribution >= 4 is 0 Å². The molecule has 0 bridgehead atoms. The lowest BCUT2D eigenvalue weighted by atomic mass is 10.0. The topological polar surface area (TPSA) is 30.5 Å². The molecular weight excluding hydrogens is 262 g/mol. The molecule has 3 heteroatoms. The minimum atomic E-state index is 0.322. The van der Waals surface area contributed by atoms with Gasteiger partial charge in [0.05, 0.1) is 12.7 Å². The Morgan fingerprint density at radius 1 is 1.43 bits per heavy atom. The van der Waals surface area contributed by atoms with E-state index in [4.69, 9.17) is 9.47 Å². The normalized spacial score (nSPS) is 19.7. The van der Waals surface area contributed by atoms with Crippen molar-refractivity contribution in [1.82, 2.24) is 5.32 Å². The molecule has 1 N–H and O–H groups in total. The monoisotopic (exact) mass is 291 g/mol. The lowest BCUT2D eigenvalue weighted by molar-refractivity contribution is 0.0901. The first-order valence-corrected chi connectivity index (χ1v) is 8.29. The molecular formula is C18H29NO2. The Hall–Kier alpha value is -1.06. The molecule has 0 aliphatic carbocycles. The summed E-state index contributed by atoms with van der Waals surface area (Å²) in [4.78, 5) is 0. The highest BCUT2D eigenvalue weighted by molar-refractivity contribution is 5.39. The summed E-state index contributed by atoms with van der Waals surface area (Å²) in [5.74, 6) is 1.02. The number of benzene rings is 1. The zero-order valence-corrected chi connectivity index (χ0v) is 13.7. The fourth-order valence-corrected chi connectivity index (χ4v) is 2.77. The van der Waals surface area contributed by atoms with Gasteiger partial charge in [0.2, 0.25) is 0 Å². The number of hydrogen-bond donors (Lipinski definition) is 1. The summed E-state index contributed by atoms with van der Waals surface area (Å²) in [7, 11) is 0. The van der Waals surface area contributed by atoms with Crippen LogP contribution in [0.1, 0.15) is 56.7 Å². The molecule has 1 aromatic carbocycles. The lowest BCUT2D eigenvalue weighted by Gasteiger charge is -2.19. The average Bonchev–Trinajstić information content (AvgIpc) is 2.98. The lowest BCUT2D eigenvalue weighted by Crippen LogP contribution is -2.20. The fourth-order valence-electron chi connectivity index (χ4n) is 2.77. The van der Waals surface area contributed by atoms with Crippen LogP contribution >= 0.6 is 0 Å². The second-order valence-corrected chi connectivity index (χ2v) is 5.99. The smallest absolute Gasteiger partial charge is 0.124 e. The molecule has 118 valence electrons. The van der Waals surface area contributed by atoms with Crippen molar-refractivity contribution in [3.63, 3.8) is 0 Å². The molecule has 1 aliphatic heterocycles. The van der Waals surface area contributed by atoms with Crippen molar-refractivity contribution in [3.8, 4) is 5.75 Å². The Kier molecular flexibility index (Phi) is 6.52. The fraction of sp³-hybridized carbons (Fsp3) is 0.667. The Bertz CT molecular complexity index is 427. The molecule has 1 fully saturated rings. The molecule has 1 aliphatic rings. The van der Waals surface area contributed by atoms with E-state index in [1.807, 2.05) is 0 Å². The predicted molar refractivity (Wildman–Crippen MR) is 87.0 cm³/mol. The molecule has 2 atom stereocenters. The third-order valence-electron chi connectivity index (χ3n) is 4.06. The van der Waals surface area contributed by atoms with Crippen molar-refractivity contribution in [3.05, 3.63) is 29.3 Å². The maximum Gasteiger partial charge on any atom is 0.124 e.